The maximum atomic E-state index is 13.5. The van der Waals surface area contributed by atoms with Gasteiger partial charge in [-0.05, 0) is 49.1 Å². The second-order valence-electron chi connectivity index (χ2n) is 9.56. The smallest absolute Gasteiger partial charge is 0.346 e. The number of halogens is 6. The molecule has 2 aliphatic heterocycles. The number of sulfone groups is 1. The molecular formula is C27H23F6N3O2S. The van der Waals surface area contributed by atoms with Crippen molar-refractivity contribution >= 4 is 9.84 Å². The Kier molecular flexibility index (Phi) is 6.32. The largest absolute Gasteiger partial charge is 0.417 e. The third-order valence-electron chi connectivity index (χ3n) is 7.22. The summed E-state index contributed by atoms with van der Waals surface area (Å²) < 4.78 is 108. The fraction of sp³-hybridized carbons (Fsp3) is 0.333. The average molecular weight is 568 g/mol. The van der Waals surface area contributed by atoms with Gasteiger partial charge in [-0.3, -0.25) is 4.98 Å². The SMILES string of the molecule is CCn1cc(C(F)(F)F)cc2nc(-c3ncc(-c4ccc(C5(C(F)(F)F)CC5)cc4)cc3S(=O)(=O)CC)cc1-2. The van der Waals surface area contributed by atoms with Gasteiger partial charge in [-0.15, -0.1) is 0 Å². The summed E-state index contributed by atoms with van der Waals surface area (Å²) in [4.78, 5) is 8.46. The Morgan fingerprint density at radius 3 is 2.13 bits per heavy atom. The number of pyridine rings is 2. The molecule has 0 saturated heterocycles. The lowest BCUT2D eigenvalue weighted by molar-refractivity contribution is -0.160. The van der Waals surface area contributed by atoms with E-state index < -0.39 is 33.2 Å². The van der Waals surface area contributed by atoms with Gasteiger partial charge in [0.15, 0.2) is 9.84 Å². The minimum atomic E-state index is -4.59. The Morgan fingerprint density at radius 1 is 0.923 bits per heavy atom. The summed E-state index contributed by atoms with van der Waals surface area (Å²) in [6.07, 6.45) is -6.54. The quantitative estimate of drug-likeness (QED) is 0.232. The summed E-state index contributed by atoms with van der Waals surface area (Å²) >= 11 is 0. The van der Waals surface area contributed by atoms with E-state index in [0.717, 1.165) is 12.3 Å². The minimum Gasteiger partial charge on any atom is -0.346 e. The van der Waals surface area contributed by atoms with Crippen molar-refractivity contribution in [1.82, 2.24) is 14.5 Å². The van der Waals surface area contributed by atoms with E-state index in [9.17, 15) is 34.8 Å². The zero-order chi connectivity index (χ0) is 28.4. The zero-order valence-corrected chi connectivity index (χ0v) is 21.7. The Bertz CT molecular complexity index is 1620. The third-order valence-corrected chi connectivity index (χ3v) is 8.96. The molecule has 0 unspecified atom stereocenters. The van der Waals surface area contributed by atoms with Crippen LogP contribution in [0.5, 0.6) is 0 Å². The number of aromatic nitrogens is 3. The van der Waals surface area contributed by atoms with Crippen LogP contribution in [0.15, 0.2) is 59.8 Å². The first-order valence-corrected chi connectivity index (χ1v) is 13.8. The van der Waals surface area contributed by atoms with E-state index in [4.69, 9.17) is 0 Å². The summed E-state index contributed by atoms with van der Waals surface area (Å²) in [7, 11) is -3.87. The number of rotatable bonds is 6. The van der Waals surface area contributed by atoms with Crippen LogP contribution in [-0.2, 0) is 28.0 Å². The molecule has 3 aliphatic rings. The molecule has 0 atom stereocenters. The molecule has 1 aromatic heterocycles. The van der Waals surface area contributed by atoms with Crippen molar-refractivity contribution in [3.8, 4) is 33.9 Å². The number of hydrogen-bond donors (Lipinski definition) is 0. The maximum absolute atomic E-state index is 13.5. The van der Waals surface area contributed by atoms with Crippen LogP contribution in [0.1, 0.15) is 37.8 Å². The van der Waals surface area contributed by atoms with E-state index in [1.807, 2.05) is 0 Å². The molecule has 0 N–H and O–H groups in total. The first-order valence-electron chi connectivity index (χ1n) is 12.2. The van der Waals surface area contributed by atoms with Crippen molar-refractivity contribution in [2.75, 3.05) is 5.75 Å². The molecule has 5 nitrogen and oxygen atoms in total. The molecule has 0 radical (unpaired) electrons. The van der Waals surface area contributed by atoms with Crippen LogP contribution in [0.3, 0.4) is 0 Å². The number of fused-ring (bicyclic) bond motifs is 1. The standard InChI is InChI=1S/C27H23F6N3O2S/c1-3-36-15-19(26(28,29)30)12-20-22(36)13-21(35-20)24-23(39(37,38)4-2)11-17(14-34-24)16-5-7-18(8-6-16)25(9-10-25)27(31,32)33/h5-8,11-15H,3-4,9-10H2,1-2H3. The topological polar surface area (TPSA) is 64.8 Å². The normalized spacial score (nSPS) is 15.6. The maximum Gasteiger partial charge on any atom is 0.417 e. The molecule has 206 valence electrons. The summed E-state index contributed by atoms with van der Waals surface area (Å²) in [6, 6.07) is 9.56. The lowest BCUT2D eigenvalue weighted by Gasteiger charge is -2.20. The Morgan fingerprint density at radius 2 is 1.59 bits per heavy atom. The van der Waals surface area contributed by atoms with Gasteiger partial charge in [0.1, 0.15) is 5.69 Å². The molecule has 3 heterocycles. The zero-order valence-electron chi connectivity index (χ0n) is 20.9. The molecule has 39 heavy (non-hydrogen) atoms. The van der Waals surface area contributed by atoms with Gasteiger partial charge in [0, 0.05) is 24.5 Å². The molecule has 0 spiro atoms. The molecule has 1 aromatic carbocycles. The van der Waals surface area contributed by atoms with Crippen molar-refractivity contribution < 1.29 is 34.8 Å². The Balaban J connectivity index is 1.60. The first kappa shape index (κ1) is 27.2. The van der Waals surface area contributed by atoms with Crippen LogP contribution >= 0.6 is 0 Å². The fourth-order valence-electron chi connectivity index (χ4n) is 4.75. The second kappa shape index (κ2) is 9.07. The van der Waals surface area contributed by atoms with Crippen LogP contribution in [0, 0.1) is 0 Å². The number of nitrogens with zero attached hydrogens (tertiary/aromatic N) is 3. The van der Waals surface area contributed by atoms with Gasteiger partial charge in [-0.2, -0.15) is 26.3 Å². The summed E-state index contributed by atoms with van der Waals surface area (Å²) in [5.41, 5.74) is -1.21. The molecule has 12 heteroatoms. The van der Waals surface area contributed by atoms with E-state index in [0.29, 0.717) is 16.8 Å². The van der Waals surface area contributed by atoms with Gasteiger partial charge in [0.05, 0.1) is 38.7 Å². The third kappa shape index (κ3) is 4.68. The number of aryl methyl sites for hydroxylation is 1. The van der Waals surface area contributed by atoms with Crippen LogP contribution in [-0.4, -0.2) is 34.9 Å². The van der Waals surface area contributed by atoms with Gasteiger partial charge < -0.3 is 4.57 Å². The fourth-order valence-corrected chi connectivity index (χ4v) is 5.82. The van der Waals surface area contributed by atoms with Crippen molar-refractivity contribution in [2.45, 2.75) is 55.9 Å². The van der Waals surface area contributed by atoms with E-state index in [1.165, 1.54) is 54.1 Å². The van der Waals surface area contributed by atoms with Crippen LogP contribution < -0.4 is 0 Å². The summed E-state index contributed by atoms with van der Waals surface area (Å²) in [5, 5.41) is 0. The van der Waals surface area contributed by atoms with E-state index >= 15 is 0 Å². The van der Waals surface area contributed by atoms with Crippen LogP contribution in [0.25, 0.3) is 33.9 Å². The monoisotopic (exact) mass is 567 g/mol. The van der Waals surface area contributed by atoms with Crippen molar-refractivity contribution in [3.63, 3.8) is 0 Å². The summed E-state index contributed by atoms with van der Waals surface area (Å²) in [5.74, 6) is -0.272. The van der Waals surface area contributed by atoms with E-state index in [2.05, 4.69) is 9.97 Å². The first-order chi connectivity index (χ1) is 18.2. The van der Waals surface area contributed by atoms with Crippen molar-refractivity contribution in [3.05, 3.63) is 66.0 Å². The molecule has 1 fully saturated rings. The average Bonchev–Trinajstić information content (AvgIpc) is 3.61. The molecule has 5 rings (SSSR count). The Hall–Kier alpha value is -3.41. The highest BCUT2D eigenvalue weighted by atomic mass is 32.2. The predicted molar refractivity (Wildman–Crippen MR) is 133 cm³/mol. The number of benzene rings is 1. The number of hydrogen-bond acceptors (Lipinski definition) is 4. The lowest BCUT2D eigenvalue weighted by atomic mass is 9.93. The molecular weight excluding hydrogens is 544 g/mol. The Labute approximate surface area is 220 Å². The van der Waals surface area contributed by atoms with Gasteiger partial charge >= 0.3 is 12.4 Å². The molecule has 0 amide bonds. The van der Waals surface area contributed by atoms with Crippen LogP contribution in [0.2, 0.25) is 0 Å². The van der Waals surface area contributed by atoms with E-state index in [-0.39, 0.29) is 52.7 Å². The molecule has 0 bridgehead atoms. The molecule has 2 aromatic rings. The highest BCUT2D eigenvalue weighted by molar-refractivity contribution is 7.91. The van der Waals surface area contributed by atoms with Gasteiger partial charge in [0.2, 0.25) is 0 Å². The van der Waals surface area contributed by atoms with Gasteiger partial charge in [0.25, 0.3) is 0 Å². The molecule has 1 aliphatic carbocycles. The second-order valence-corrected chi connectivity index (χ2v) is 11.8. The minimum absolute atomic E-state index is 0.0152. The van der Waals surface area contributed by atoms with Gasteiger partial charge in [-0.25, -0.2) is 13.4 Å². The van der Waals surface area contributed by atoms with E-state index in [1.54, 1.807) is 6.92 Å². The highest BCUT2D eigenvalue weighted by Gasteiger charge is 2.64. The number of alkyl halides is 6. The van der Waals surface area contributed by atoms with Crippen molar-refractivity contribution in [2.24, 2.45) is 0 Å². The van der Waals surface area contributed by atoms with Crippen LogP contribution in [0.4, 0.5) is 26.3 Å². The predicted octanol–water partition coefficient (Wildman–Crippen LogP) is 7.14. The van der Waals surface area contributed by atoms with Gasteiger partial charge in [-0.1, -0.05) is 31.2 Å². The highest BCUT2D eigenvalue weighted by Crippen LogP contribution is 2.59. The molecule has 1 saturated carbocycles. The van der Waals surface area contributed by atoms with Crippen molar-refractivity contribution in [1.29, 1.82) is 0 Å². The lowest BCUT2D eigenvalue weighted by Crippen LogP contribution is -2.28. The summed E-state index contributed by atoms with van der Waals surface area (Å²) in [6.45, 7) is 3.35.